The van der Waals surface area contributed by atoms with Crippen LogP contribution in [0.4, 0.5) is 0 Å². The molecular formula is C18H36N2O. The van der Waals surface area contributed by atoms with E-state index in [9.17, 15) is 0 Å². The zero-order valence-electron chi connectivity index (χ0n) is 14.3. The largest absolute Gasteiger partial charge is 0.381 e. The molecule has 0 aromatic rings. The first-order valence-electron chi connectivity index (χ1n) is 9.29. The summed E-state index contributed by atoms with van der Waals surface area (Å²) in [6.07, 6.45) is 9.74. The predicted octanol–water partition coefficient (Wildman–Crippen LogP) is 3.29. The third-order valence-corrected chi connectivity index (χ3v) is 4.95. The van der Waals surface area contributed by atoms with Crippen molar-refractivity contribution in [3.05, 3.63) is 0 Å². The minimum absolute atomic E-state index is 0.656. The van der Waals surface area contributed by atoms with Gasteiger partial charge in [-0.25, -0.2) is 0 Å². The highest BCUT2D eigenvalue weighted by Crippen LogP contribution is 2.27. The first-order valence-corrected chi connectivity index (χ1v) is 9.29. The zero-order valence-corrected chi connectivity index (χ0v) is 14.3. The normalized spacial score (nSPS) is 26.1. The fourth-order valence-corrected chi connectivity index (χ4v) is 3.79. The molecule has 1 aliphatic carbocycles. The van der Waals surface area contributed by atoms with Gasteiger partial charge in [-0.3, -0.25) is 0 Å². The Bertz CT molecular complexity index is 264. The Hall–Kier alpha value is -0.120. The van der Waals surface area contributed by atoms with Gasteiger partial charge in [0.05, 0.1) is 0 Å². The van der Waals surface area contributed by atoms with Crippen molar-refractivity contribution < 1.29 is 4.74 Å². The van der Waals surface area contributed by atoms with Crippen LogP contribution >= 0.6 is 0 Å². The van der Waals surface area contributed by atoms with Crippen molar-refractivity contribution in [2.45, 2.75) is 64.8 Å². The summed E-state index contributed by atoms with van der Waals surface area (Å²) in [6, 6.07) is 0.740. The second-order valence-corrected chi connectivity index (χ2v) is 7.44. The summed E-state index contributed by atoms with van der Waals surface area (Å²) in [4.78, 5) is 2.68. The van der Waals surface area contributed by atoms with E-state index in [2.05, 4.69) is 24.1 Å². The van der Waals surface area contributed by atoms with Crippen LogP contribution < -0.4 is 5.32 Å². The van der Waals surface area contributed by atoms with E-state index < -0.39 is 0 Å². The third-order valence-electron chi connectivity index (χ3n) is 4.95. The van der Waals surface area contributed by atoms with Gasteiger partial charge in [0.25, 0.3) is 0 Å². The Balaban J connectivity index is 1.66. The second kappa shape index (κ2) is 9.81. The Labute approximate surface area is 131 Å². The van der Waals surface area contributed by atoms with E-state index >= 15 is 0 Å². The number of hydrogen-bond acceptors (Lipinski definition) is 3. The summed E-state index contributed by atoms with van der Waals surface area (Å²) < 4.78 is 5.72. The molecular weight excluding hydrogens is 260 g/mol. The summed E-state index contributed by atoms with van der Waals surface area (Å²) >= 11 is 0. The molecule has 3 nitrogen and oxygen atoms in total. The molecule has 0 aromatic carbocycles. The topological polar surface area (TPSA) is 24.5 Å². The van der Waals surface area contributed by atoms with Crippen molar-refractivity contribution in [1.29, 1.82) is 0 Å². The number of hydrogen-bond donors (Lipinski definition) is 1. The van der Waals surface area contributed by atoms with Gasteiger partial charge in [0.2, 0.25) is 0 Å². The van der Waals surface area contributed by atoms with E-state index in [4.69, 9.17) is 4.74 Å². The van der Waals surface area contributed by atoms with Crippen LogP contribution in [0.25, 0.3) is 0 Å². The minimum Gasteiger partial charge on any atom is -0.381 e. The minimum atomic E-state index is 0.656. The lowest BCUT2D eigenvalue weighted by atomic mass is 9.83. The molecule has 1 unspecified atom stereocenters. The van der Waals surface area contributed by atoms with Gasteiger partial charge in [0.1, 0.15) is 0 Å². The van der Waals surface area contributed by atoms with E-state index in [0.29, 0.717) is 5.92 Å². The molecule has 1 N–H and O–H groups in total. The average Bonchev–Trinajstić information content (AvgIpc) is 2.73. The highest BCUT2D eigenvalue weighted by atomic mass is 16.5. The van der Waals surface area contributed by atoms with E-state index in [1.54, 1.807) is 0 Å². The first-order chi connectivity index (χ1) is 10.3. The summed E-state index contributed by atoms with van der Waals surface area (Å²) in [6.45, 7) is 11.2. The van der Waals surface area contributed by atoms with Gasteiger partial charge in [-0.15, -0.1) is 0 Å². The number of nitrogens with zero attached hydrogens (tertiary/aromatic N) is 1. The molecule has 1 heterocycles. The number of ether oxygens (including phenoxy) is 1. The molecule has 3 heteroatoms. The van der Waals surface area contributed by atoms with Gasteiger partial charge >= 0.3 is 0 Å². The molecule has 1 aliphatic heterocycles. The van der Waals surface area contributed by atoms with Gasteiger partial charge in [-0.2, -0.15) is 0 Å². The lowest BCUT2D eigenvalue weighted by Crippen LogP contribution is -2.44. The van der Waals surface area contributed by atoms with Crippen LogP contribution in [-0.2, 0) is 4.74 Å². The van der Waals surface area contributed by atoms with Crippen molar-refractivity contribution in [1.82, 2.24) is 10.2 Å². The molecule has 21 heavy (non-hydrogen) atoms. The van der Waals surface area contributed by atoms with Crippen molar-refractivity contribution in [2.24, 2.45) is 11.8 Å². The Kier molecular flexibility index (Phi) is 8.05. The fraction of sp³-hybridized carbons (Fsp3) is 1.00. The van der Waals surface area contributed by atoms with Crippen molar-refractivity contribution in [3.8, 4) is 0 Å². The molecule has 124 valence electrons. The third kappa shape index (κ3) is 6.66. The van der Waals surface area contributed by atoms with Gasteiger partial charge in [0, 0.05) is 32.3 Å². The summed E-state index contributed by atoms with van der Waals surface area (Å²) in [5.41, 5.74) is 0. The Morgan fingerprint density at radius 2 is 1.95 bits per heavy atom. The Morgan fingerprint density at radius 3 is 2.71 bits per heavy atom. The number of nitrogens with one attached hydrogen (secondary N) is 1. The van der Waals surface area contributed by atoms with Crippen LogP contribution in [0.5, 0.6) is 0 Å². The monoisotopic (exact) mass is 296 g/mol. The summed E-state index contributed by atoms with van der Waals surface area (Å²) in [5.74, 6) is 1.58. The molecule has 1 saturated carbocycles. The van der Waals surface area contributed by atoms with E-state index in [-0.39, 0.29) is 0 Å². The maximum absolute atomic E-state index is 5.72. The van der Waals surface area contributed by atoms with Crippen LogP contribution in [0.2, 0.25) is 0 Å². The molecule has 2 rings (SSSR count). The lowest BCUT2D eigenvalue weighted by molar-refractivity contribution is 0.0976. The van der Waals surface area contributed by atoms with E-state index in [0.717, 1.165) is 25.2 Å². The van der Waals surface area contributed by atoms with E-state index in [1.165, 1.54) is 71.1 Å². The van der Waals surface area contributed by atoms with E-state index in [1.807, 2.05) is 0 Å². The van der Waals surface area contributed by atoms with Crippen LogP contribution in [0, 0.1) is 11.8 Å². The van der Waals surface area contributed by atoms with Gasteiger partial charge in [-0.05, 0) is 50.6 Å². The van der Waals surface area contributed by atoms with Gasteiger partial charge in [0.15, 0.2) is 0 Å². The molecule has 0 amide bonds. The van der Waals surface area contributed by atoms with Gasteiger partial charge in [-0.1, -0.05) is 33.1 Å². The fourth-order valence-electron chi connectivity index (χ4n) is 3.79. The second-order valence-electron chi connectivity index (χ2n) is 7.44. The number of rotatable bonds is 7. The van der Waals surface area contributed by atoms with Crippen LogP contribution in [0.15, 0.2) is 0 Å². The molecule has 1 atom stereocenters. The zero-order chi connectivity index (χ0) is 14.9. The quantitative estimate of drug-likeness (QED) is 0.730. The standard InChI is InChI=1S/C18H36N2O/c1-16(2)15-21-13-7-12-20-11-6-10-19-18(14-20)17-8-4-3-5-9-17/h16-19H,3-15H2,1-2H3. The highest BCUT2D eigenvalue weighted by molar-refractivity contribution is 4.84. The Morgan fingerprint density at radius 1 is 1.14 bits per heavy atom. The average molecular weight is 296 g/mol. The molecule has 2 aliphatic rings. The van der Waals surface area contributed by atoms with Crippen LogP contribution in [-0.4, -0.2) is 50.3 Å². The van der Waals surface area contributed by atoms with Crippen molar-refractivity contribution in [2.75, 3.05) is 39.4 Å². The van der Waals surface area contributed by atoms with Crippen LogP contribution in [0.3, 0.4) is 0 Å². The maximum atomic E-state index is 5.72. The summed E-state index contributed by atoms with van der Waals surface area (Å²) in [7, 11) is 0. The lowest BCUT2D eigenvalue weighted by Gasteiger charge is -2.33. The molecule has 0 aromatic heterocycles. The summed E-state index contributed by atoms with van der Waals surface area (Å²) in [5, 5.41) is 3.82. The highest BCUT2D eigenvalue weighted by Gasteiger charge is 2.26. The van der Waals surface area contributed by atoms with Crippen molar-refractivity contribution in [3.63, 3.8) is 0 Å². The molecule has 0 spiro atoms. The van der Waals surface area contributed by atoms with Crippen LogP contribution in [0.1, 0.15) is 58.8 Å². The maximum Gasteiger partial charge on any atom is 0.0489 e. The van der Waals surface area contributed by atoms with Crippen molar-refractivity contribution >= 4 is 0 Å². The molecule has 0 radical (unpaired) electrons. The predicted molar refractivity (Wildman–Crippen MR) is 89.7 cm³/mol. The van der Waals surface area contributed by atoms with Gasteiger partial charge < -0.3 is 15.0 Å². The SMILES string of the molecule is CC(C)COCCCN1CCCNC(C2CCCCC2)C1. The molecule has 2 fully saturated rings. The molecule has 0 bridgehead atoms. The first kappa shape index (κ1) is 17.2. The smallest absolute Gasteiger partial charge is 0.0489 e. The molecule has 1 saturated heterocycles.